The fourth-order valence-corrected chi connectivity index (χ4v) is 7.17. The van der Waals surface area contributed by atoms with Crippen LogP contribution in [-0.4, -0.2) is 85.9 Å². The minimum atomic E-state index is -0.101. The maximum atomic E-state index is 13.2. The first kappa shape index (κ1) is 27.0. The van der Waals surface area contributed by atoms with Crippen molar-refractivity contribution in [2.75, 3.05) is 69.4 Å². The zero-order valence-electron chi connectivity index (χ0n) is 23.8. The molecule has 5 heterocycles. The number of carbonyl (C=O) groups is 1. The van der Waals surface area contributed by atoms with E-state index in [0.717, 1.165) is 50.1 Å². The summed E-state index contributed by atoms with van der Waals surface area (Å²) >= 11 is 1.72. The number of hydrogen-bond acceptors (Lipinski definition) is 8. The Morgan fingerprint density at radius 2 is 1.86 bits per heavy atom. The summed E-state index contributed by atoms with van der Waals surface area (Å²) in [4.78, 5) is 37.4. The second-order valence-corrected chi connectivity index (χ2v) is 12.1. The number of morpholine rings is 2. The number of pyridine rings is 1. The SMILES string of the molecule is CC1CN(CC(=O)N(C)c2ccc3sc4c(-c5cccn6c(=O)cc(N7CCOCC7)nc56)cccc4c3c2)CCO1. The molecule has 9 nitrogen and oxygen atoms in total. The summed E-state index contributed by atoms with van der Waals surface area (Å²) in [6.45, 7) is 7.27. The maximum Gasteiger partial charge on any atom is 0.259 e. The lowest BCUT2D eigenvalue weighted by molar-refractivity contribution is -0.121. The van der Waals surface area contributed by atoms with Crippen LogP contribution in [0, 0.1) is 0 Å². The lowest BCUT2D eigenvalue weighted by Gasteiger charge is -2.31. The van der Waals surface area contributed by atoms with Gasteiger partial charge in [0.25, 0.3) is 5.56 Å². The number of amides is 1. The van der Waals surface area contributed by atoms with Crippen LogP contribution in [0.3, 0.4) is 0 Å². The molecule has 10 heteroatoms. The van der Waals surface area contributed by atoms with Gasteiger partial charge in [0.1, 0.15) is 11.5 Å². The quantitative estimate of drug-likeness (QED) is 0.306. The van der Waals surface area contributed by atoms with Crippen molar-refractivity contribution >= 4 is 54.6 Å². The topological polar surface area (TPSA) is 79.6 Å². The minimum Gasteiger partial charge on any atom is -0.378 e. The van der Waals surface area contributed by atoms with E-state index in [2.05, 4.69) is 40.1 Å². The van der Waals surface area contributed by atoms with E-state index in [1.165, 1.54) is 0 Å². The van der Waals surface area contributed by atoms with E-state index in [9.17, 15) is 9.59 Å². The Bertz CT molecular complexity index is 1860. The number of anilines is 2. The molecular formula is C32H33N5O4S. The highest BCUT2D eigenvalue weighted by atomic mass is 32.1. The predicted molar refractivity (Wildman–Crippen MR) is 168 cm³/mol. The Morgan fingerprint density at radius 1 is 1.02 bits per heavy atom. The lowest BCUT2D eigenvalue weighted by atomic mass is 10.0. The number of hydrogen-bond donors (Lipinski definition) is 0. The standard InChI is InChI=1S/C32H33N5O4S/c1-21-19-35(11-16-41-21)20-30(39)34(2)22-8-9-27-26(17-22)24-6-3-5-23(31(24)42-27)25-7-4-10-37-29(38)18-28(33-32(25)37)36-12-14-40-15-13-36/h3-10,17-18,21H,11-16,19-20H2,1-2H3. The average molecular weight is 584 g/mol. The third-order valence-electron chi connectivity index (χ3n) is 8.23. The molecule has 216 valence electrons. The van der Waals surface area contributed by atoms with Gasteiger partial charge in [-0.1, -0.05) is 18.2 Å². The molecule has 2 saturated heterocycles. The van der Waals surface area contributed by atoms with Crippen molar-refractivity contribution < 1.29 is 14.3 Å². The normalized spacial score (nSPS) is 18.2. The fraction of sp³-hybridized carbons (Fsp3) is 0.344. The van der Waals surface area contributed by atoms with Crippen LogP contribution < -0.4 is 15.4 Å². The maximum absolute atomic E-state index is 13.2. The number of ether oxygens (including phenoxy) is 2. The first-order valence-corrected chi connectivity index (χ1v) is 15.2. The third-order valence-corrected chi connectivity index (χ3v) is 9.45. The molecule has 0 radical (unpaired) electrons. The zero-order valence-corrected chi connectivity index (χ0v) is 24.6. The van der Waals surface area contributed by atoms with Gasteiger partial charge in [-0.2, -0.15) is 0 Å². The van der Waals surface area contributed by atoms with Gasteiger partial charge in [0.15, 0.2) is 0 Å². The highest BCUT2D eigenvalue weighted by Crippen LogP contribution is 2.41. The molecule has 7 rings (SSSR count). The van der Waals surface area contributed by atoms with Crippen LogP contribution >= 0.6 is 11.3 Å². The van der Waals surface area contributed by atoms with E-state index in [0.29, 0.717) is 50.9 Å². The molecule has 0 N–H and O–H groups in total. The summed E-state index contributed by atoms with van der Waals surface area (Å²) in [5.41, 5.74) is 3.35. The molecule has 0 spiro atoms. The van der Waals surface area contributed by atoms with E-state index >= 15 is 0 Å². The number of likely N-dealkylation sites (N-methyl/N-ethyl adjacent to an activating group) is 1. The van der Waals surface area contributed by atoms with Crippen molar-refractivity contribution in [3.63, 3.8) is 0 Å². The van der Waals surface area contributed by atoms with Crippen LogP contribution in [0.4, 0.5) is 11.5 Å². The van der Waals surface area contributed by atoms with Crippen molar-refractivity contribution in [1.29, 1.82) is 0 Å². The van der Waals surface area contributed by atoms with Crippen molar-refractivity contribution in [1.82, 2.24) is 14.3 Å². The van der Waals surface area contributed by atoms with Crippen LogP contribution in [0.25, 0.3) is 36.9 Å². The molecule has 0 bridgehead atoms. The van der Waals surface area contributed by atoms with E-state index in [-0.39, 0.29) is 17.6 Å². The van der Waals surface area contributed by atoms with Gasteiger partial charge in [0.05, 0.1) is 32.5 Å². The van der Waals surface area contributed by atoms with E-state index in [1.807, 2.05) is 32.2 Å². The number of nitrogens with zero attached hydrogens (tertiary/aromatic N) is 5. The highest BCUT2D eigenvalue weighted by molar-refractivity contribution is 7.26. The second-order valence-electron chi connectivity index (χ2n) is 11.0. The van der Waals surface area contributed by atoms with Crippen LogP contribution in [0.1, 0.15) is 6.92 Å². The summed E-state index contributed by atoms with van der Waals surface area (Å²) in [6.07, 6.45) is 1.92. The number of aromatic nitrogens is 2. The molecule has 0 saturated carbocycles. The smallest absolute Gasteiger partial charge is 0.259 e. The van der Waals surface area contributed by atoms with Gasteiger partial charge >= 0.3 is 0 Å². The molecule has 3 aromatic heterocycles. The summed E-state index contributed by atoms with van der Waals surface area (Å²) < 4.78 is 15.0. The predicted octanol–water partition coefficient (Wildman–Crippen LogP) is 4.25. The zero-order chi connectivity index (χ0) is 28.8. The van der Waals surface area contributed by atoms with Gasteiger partial charge in [-0.3, -0.25) is 18.9 Å². The highest BCUT2D eigenvalue weighted by Gasteiger charge is 2.22. The van der Waals surface area contributed by atoms with Gasteiger partial charge in [0.2, 0.25) is 5.91 Å². The first-order valence-electron chi connectivity index (χ1n) is 14.4. The molecule has 2 aliphatic heterocycles. The van der Waals surface area contributed by atoms with Gasteiger partial charge in [0, 0.05) is 82.5 Å². The number of thiophene rings is 1. The fourth-order valence-electron chi connectivity index (χ4n) is 5.96. The van der Waals surface area contributed by atoms with E-state index < -0.39 is 0 Å². The lowest BCUT2D eigenvalue weighted by Crippen LogP contribution is -2.46. The number of rotatable bonds is 5. The number of fused-ring (bicyclic) bond motifs is 4. The molecule has 5 aromatic rings. The molecule has 2 aromatic carbocycles. The Morgan fingerprint density at radius 3 is 2.69 bits per heavy atom. The third kappa shape index (κ3) is 4.94. The molecule has 1 amide bonds. The Balaban J connectivity index is 1.27. The van der Waals surface area contributed by atoms with Gasteiger partial charge < -0.3 is 19.3 Å². The molecular weight excluding hydrogens is 550 g/mol. The second kappa shape index (κ2) is 11.1. The van der Waals surface area contributed by atoms with Crippen LogP contribution in [0.15, 0.2) is 65.6 Å². The summed E-state index contributed by atoms with van der Waals surface area (Å²) in [6, 6.07) is 18.1. The van der Waals surface area contributed by atoms with Crippen LogP contribution in [0.5, 0.6) is 0 Å². The number of carbonyl (C=O) groups excluding carboxylic acids is 1. The van der Waals surface area contributed by atoms with Gasteiger partial charge in [-0.15, -0.1) is 11.3 Å². The molecule has 42 heavy (non-hydrogen) atoms. The van der Waals surface area contributed by atoms with E-state index in [1.54, 1.807) is 32.9 Å². The number of benzene rings is 2. The first-order chi connectivity index (χ1) is 20.5. The van der Waals surface area contributed by atoms with Crippen LogP contribution in [0.2, 0.25) is 0 Å². The van der Waals surface area contributed by atoms with Gasteiger partial charge in [-0.05, 0) is 37.3 Å². The van der Waals surface area contributed by atoms with Crippen LogP contribution in [-0.2, 0) is 14.3 Å². The average Bonchev–Trinajstić information content (AvgIpc) is 3.39. The molecule has 2 fully saturated rings. The van der Waals surface area contributed by atoms with Crippen molar-refractivity contribution in [2.24, 2.45) is 0 Å². The van der Waals surface area contributed by atoms with Gasteiger partial charge in [-0.25, -0.2) is 4.98 Å². The van der Waals surface area contributed by atoms with Crippen molar-refractivity contribution in [2.45, 2.75) is 13.0 Å². The van der Waals surface area contributed by atoms with Crippen molar-refractivity contribution in [3.05, 3.63) is 71.1 Å². The molecule has 1 atom stereocenters. The Kier molecular flexibility index (Phi) is 7.15. The monoisotopic (exact) mass is 583 g/mol. The summed E-state index contributed by atoms with van der Waals surface area (Å²) in [7, 11) is 1.85. The Labute approximate surface area is 247 Å². The Hall–Kier alpha value is -3.83. The molecule has 0 aliphatic carbocycles. The van der Waals surface area contributed by atoms with E-state index in [4.69, 9.17) is 14.5 Å². The summed E-state index contributed by atoms with van der Waals surface area (Å²) in [5, 5.41) is 2.22. The molecule has 1 unspecified atom stereocenters. The largest absolute Gasteiger partial charge is 0.378 e. The summed E-state index contributed by atoms with van der Waals surface area (Å²) in [5.74, 6) is 0.746. The van der Waals surface area contributed by atoms with Crippen molar-refractivity contribution in [3.8, 4) is 11.1 Å². The minimum absolute atomic E-state index is 0.0621. The molecule has 2 aliphatic rings.